The summed E-state index contributed by atoms with van der Waals surface area (Å²) >= 11 is 0. The van der Waals surface area contributed by atoms with E-state index in [1.54, 1.807) is 0 Å². The predicted octanol–water partition coefficient (Wildman–Crippen LogP) is 2.01. The molecule has 2 heterocycles. The first-order valence-electron chi connectivity index (χ1n) is 8.83. The zero-order chi connectivity index (χ0) is 14.9. The third kappa shape index (κ3) is 3.26. The van der Waals surface area contributed by atoms with Crippen LogP contribution < -0.4 is 0 Å². The Labute approximate surface area is 128 Å². The zero-order valence-corrected chi connectivity index (χ0v) is 13.4. The van der Waals surface area contributed by atoms with E-state index in [0.717, 1.165) is 58.2 Å². The molecule has 0 aromatic rings. The molecule has 3 fully saturated rings. The van der Waals surface area contributed by atoms with Gasteiger partial charge in [-0.2, -0.15) is 0 Å². The molecule has 0 spiro atoms. The van der Waals surface area contributed by atoms with Crippen molar-refractivity contribution in [2.45, 2.75) is 69.9 Å². The Balaban J connectivity index is 1.55. The van der Waals surface area contributed by atoms with Crippen LogP contribution in [0.15, 0.2) is 0 Å². The van der Waals surface area contributed by atoms with Gasteiger partial charge in [-0.25, -0.2) is 0 Å². The first-order chi connectivity index (χ1) is 10.1. The van der Waals surface area contributed by atoms with Gasteiger partial charge in [-0.05, 0) is 45.4 Å². The van der Waals surface area contributed by atoms with Crippen LogP contribution in [0.3, 0.4) is 0 Å². The SMILES string of the molecule is CC1CCCCN1C(=O)CN1CCC2(O)CCCCC2C1. The molecule has 0 aromatic carbocycles. The van der Waals surface area contributed by atoms with E-state index in [1.807, 2.05) is 0 Å². The molecule has 3 aliphatic rings. The van der Waals surface area contributed by atoms with E-state index in [0.29, 0.717) is 24.4 Å². The Morgan fingerprint density at radius 3 is 2.76 bits per heavy atom. The van der Waals surface area contributed by atoms with Gasteiger partial charge in [-0.1, -0.05) is 12.8 Å². The fourth-order valence-electron chi connectivity index (χ4n) is 4.53. The average Bonchev–Trinajstić information content (AvgIpc) is 2.48. The Hall–Kier alpha value is -0.610. The van der Waals surface area contributed by atoms with Gasteiger partial charge in [0.15, 0.2) is 0 Å². The molecule has 1 amide bonds. The summed E-state index contributed by atoms with van der Waals surface area (Å²) in [7, 11) is 0. The van der Waals surface area contributed by atoms with Crippen molar-refractivity contribution >= 4 is 5.91 Å². The first kappa shape index (κ1) is 15.3. The highest BCUT2D eigenvalue weighted by Crippen LogP contribution is 2.39. The van der Waals surface area contributed by atoms with E-state index in [9.17, 15) is 9.90 Å². The number of rotatable bonds is 2. The third-order valence-electron chi connectivity index (χ3n) is 5.99. The number of amides is 1. The van der Waals surface area contributed by atoms with Crippen LogP contribution in [0.4, 0.5) is 0 Å². The number of aliphatic hydroxyl groups is 1. The van der Waals surface area contributed by atoms with Crippen molar-refractivity contribution < 1.29 is 9.90 Å². The molecule has 1 aliphatic carbocycles. The summed E-state index contributed by atoms with van der Waals surface area (Å²) in [5.74, 6) is 0.676. The number of carbonyl (C=O) groups is 1. The monoisotopic (exact) mass is 294 g/mol. The van der Waals surface area contributed by atoms with Crippen molar-refractivity contribution in [2.24, 2.45) is 5.92 Å². The van der Waals surface area contributed by atoms with E-state index < -0.39 is 5.60 Å². The van der Waals surface area contributed by atoms with Gasteiger partial charge >= 0.3 is 0 Å². The Bertz CT molecular complexity index is 387. The van der Waals surface area contributed by atoms with Crippen LogP contribution in [-0.4, -0.2) is 58.6 Å². The molecule has 21 heavy (non-hydrogen) atoms. The maximum absolute atomic E-state index is 12.5. The highest BCUT2D eigenvalue weighted by atomic mass is 16.3. The van der Waals surface area contributed by atoms with Crippen LogP contribution in [0.2, 0.25) is 0 Å². The molecule has 3 rings (SSSR count). The molecule has 3 unspecified atom stereocenters. The minimum Gasteiger partial charge on any atom is -0.390 e. The van der Waals surface area contributed by atoms with E-state index in [2.05, 4.69) is 16.7 Å². The Morgan fingerprint density at radius 2 is 1.95 bits per heavy atom. The van der Waals surface area contributed by atoms with Crippen molar-refractivity contribution in [1.82, 2.24) is 9.80 Å². The van der Waals surface area contributed by atoms with Gasteiger partial charge in [0.25, 0.3) is 0 Å². The Morgan fingerprint density at radius 1 is 1.14 bits per heavy atom. The van der Waals surface area contributed by atoms with Crippen LogP contribution in [0, 0.1) is 5.92 Å². The van der Waals surface area contributed by atoms with Crippen LogP contribution >= 0.6 is 0 Å². The highest BCUT2D eigenvalue weighted by Gasteiger charge is 2.43. The lowest BCUT2D eigenvalue weighted by Gasteiger charge is -2.47. The van der Waals surface area contributed by atoms with Crippen molar-refractivity contribution in [1.29, 1.82) is 0 Å². The average molecular weight is 294 g/mol. The second-order valence-electron chi connectivity index (χ2n) is 7.46. The molecule has 2 aliphatic heterocycles. The number of hydrogen-bond donors (Lipinski definition) is 1. The van der Waals surface area contributed by atoms with Crippen molar-refractivity contribution in [3.8, 4) is 0 Å². The van der Waals surface area contributed by atoms with Crippen molar-refractivity contribution in [2.75, 3.05) is 26.2 Å². The standard InChI is InChI=1S/C17H30N2O2/c1-14-6-3-5-10-19(14)16(20)13-18-11-9-17(21)8-4-2-7-15(17)12-18/h14-15,21H,2-13H2,1H3. The maximum atomic E-state index is 12.5. The van der Waals surface area contributed by atoms with Gasteiger partial charge < -0.3 is 10.0 Å². The van der Waals surface area contributed by atoms with Gasteiger partial charge in [0.05, 0.1) is 12.1 Å². The van der Waals surface area contributed by atoms with Crippen molar-refractivity contribution in [3.05, 3.63) is 0 Å². The first-order valence-corrected chi connectivity index (χ1v) is 8.83. The maximum Gasteiger partial charge on any atom is 0.236 e. The summed E-state index contributed by atoms with van der Waals surface area (Å²) < 4.78 is 0. The van der Waals surface area contributed by atoms with Gasteiger partial charge in [-0.15, -0.1) is 0 Å². The Kier molecular flexibility index (Phi) is 4.55. The van der Waals surface area contributed by atoms with E-state index >= 15 is 0 Å². The minimum atomic E-state index is -0.434. The van der Waals surface area contributed by atoms with Gasteiger partial charge in [0, 0.05) is 31.6 Å². The summed E-state index contributed by atoms with van der Waals surface area (Å²) in [5, 5.41) is 10.7. The fourth-order valence-corrected chi connectivity index (χ4v) is 4.53. The molecule has 2 saturated heterocycles. The number of likely N-dealkylation sites (tertiary alicyclic amines) is 2. The smallest absolute Gasteiger partial charge is 0.236 e. The molecule has 4 heteroatoms. The van der Waals surface area contributed by atoms with Gasteiger partial charge in [0.1, 0.15) is 0 Å². The van der Waals surface area contributed by atoms with Crippen LogP contribution in [0.25, 0.3) is 0 Å². The topological polar surface area (TPSA) is 43.8 Å². The largest absolute Gasteiger partial charge is 0.390 e. The number of carbonyl (C=O) groups excluding carboxylic acids is 1. The normalized spacial score (nSPS) is 38.1. The summed E-state index contributed by atoms with van der Waals surface area (Å²) in [6.07, 6.45) is 8.88. The lowest BCUT2D eigenvalue weighted by molar-refractivity contribution is -0.139. The molecular weight excluding hydrogens is 264 g/mol. The molecule has 1 N–H and O–H groups in total. The molecule has 4 nitrogen and oxygen atoms in total. The predicted molar refractivity (Wildman–Crippen MR) is 83.0 cm³/mol. The second-order valence-corrected chi connectivity index (χ2v) is 7.46. The van der Waals surface area contributed by atoms with Crippen LogP contribution in [0.5, 0.6) is 0 Å². The lowest BCUT2D eigenvalue weighted by atomic mass is 9.71. The second kappa shape index (κ2) is 6.25. The quantitative estimate of drug-likeness (QED) is 0.847. The van der Waals surface area contributed by atoms with Gasteiger partial charge in [-0.3, -0.25) is 9.69 Å². The fraction of sp³-hybridized carbons (Fsp3) is 0.941. The minimum absolute atomic E-state index is 0.295. The third-order valence-corrected chi connectivity index (χ3v) is 5.99. The molecule has 0 aromatic heterocycles. The summed E-state index contributed by atoms with van der Waals surface area (Å²) in [6, 6.07) is 0.405. The number of nitrogens with zero attached hydrogens (tertiary/aromatic N) is 2. The van der Waals surface area contributed by atoms with E-state index in [-0.39, 0.29) is 0 Å². The van der Waals surface area contributed by atoms with E-state index in [4.69, 9.17) is 0 Å². The summed E-state index contributed by atoms with van der Waals surface area (Å²) in [6.45, 7) is 5.44. The molecule has 120 valence electrons. The zero-order valence-electron chi connectivity index (χ0n) is 13.4. The highest BCUT2D eigenvalue weighted by molar-refractivity contribution is 5.78. The number of fused-ring (bicyclic) bond motifs is 1. The summed E-state index contributed by atoms with van der Waals surface area (Å²) in [5.41, 5.74) is -0.434. The van der Waals surface area contributed by atoms with Crippen molar-refractivity contribution in [3.63, 3.8) is 0 Å². The number of hydrogen-bond acceptors (Lipinski definition) is 3. The molecule has 0 radical (unpaired) electrons. The molecule has 3 atom stereocenters. The van der Waals surface area contributed by atoms with Gasteiger partial charge in [0.2, 0.25) is 5.91 Å². The van der Waals surface area contributed by atoms with Crippen LogP contribution in [-0.2, 0) is 4.79 Å². The van der Waals surface area contributed by atoms with E-state index in [1.165, 1.54) is 12.8 Å². The molecular formula is C17H30N2O2. The number of piperidine rings is 2. The van der Waals surface area contributed by atoms with Crippen LogP contribution in [0.1, 0.15) is 58.3 Å². The summed E-state index contributed by atoms with van der Waals surface area (Å²) in [4.78, 5) is 16.9. The molecule has 0 bridgehead atoms. The lowest BCUT2D eigenvalue weighted by Crippen LogP contribution is -2.55. The molecule has 1 saturated carbocycles.